The Morgan fingerprint density at radius 1 is 1.29 bits per heavy atom. The fourth-order valence-corrected chi connectivity index (χ4v) is 4.11. The van der Waals surface area contributed by atoms with Gasteiger partial charge in [-0.1, -0.05) is 30.3 Å². The van der Waals surface area contributed by atoms with Gasteiger partial charge in [0.1, 0.15) is 5.82 Å². The molecule has 6 heteroatoms. The number of amides is 2. The number of nitrogens with one attached hydrogen (secondary N) is 1. The predicted molar refractivity (Wildman–Crippen MR) is 99.6 cm³/mol. The van der Waals surface area contributed by atoms with Crippen molar-refractivity contribution >= 4 is 23.6 Å². The monoisotopic (exact) mass is 344 g/mol. The summed E-state index contributed by atoms with van der Waals surface area (Å²) in [6, 6.07) is 12.4. The molecule has 0 unspecified atom stereocenters. The van der Waals surface area contributed by atoms with Crippen LogP contribution >= 0.6 is 11.8 Å². The number of benzene rings is 1. The lowest BCUT2D eigenvalue weighted by Gasteiger charge is -2.31. The van der Waals surface area contributed by atoms with Crippen LogP contribution in [0.1, 0.15) is 31.4 Å². The van der Waals surface area contributed by atoms with Crippen molar-refractivity contribution in [3.05, 3.63) is 48.2 Å². The van der Waals surface area contributed by atoms with E-state index in [1.165, 1.54) is 0 Å². The fraction of sp³-hybridized carbons (Fsp3) is 0.444. The normalized spacial score (nSPS) is 16.6. The van der Waals surface area contributed by atoms with E-state index in [2.05, 4.69) is 29.5 Å². The second-order valence-corrected chi connectivity index (χ2v) is 7.36. The van der Waals surface area contributed by atoms with Crippen LogP contribution in [0.25, 0.3) is 0 Å². The van der Waals surface area contributed by atoms with E-state index < -0.39 is 0 Å². The molecule has 24 heavy (non-hydrogen) atoms. The maximum Gasteiger partial charge on any atom is 0.322 e. The van der Waals surface area contributed by atoms with Crippen LogP contribution < -0.4 is 5.32 Å². The Hall–Kier alpha value is -1.95. The quantitative estimate of drug-likeness (QED) is 0.916. The molecule has 3 rings (SSSR count). The lowest BCUT2D eigenvalue weighted by Crippen LogP contribution is -2.42. The number of thioether (sulfide) groups is 1. The van der Waals surface area contributed by atoms with Crippen molar-refractivity contribution in [2.75, 3.05) is 23.9 Å². The van der Waals surface area contributed by atoms with Gasteiger partial charge in [0.15, 0.2) is 0 Å². The molecule has 1 aromatic carbocycles. The van der Waals surface area contributed by atoms with Crippen molar-refractivity contribution in [2.24, 2.45) is 0 Å². The Bertz CT molecular complexity index is 667. The summed E-state index contributed by atoms with van der Waals surface area (Å²) in [6.07, 6.45) is 3.86. The van der Waals surface area contributed by atoms with Crippen molar-refractivity contribution < 1.29 is 4.79 Å². The maximum absolute atomic E-state index is 12.6. The summed E-state index contributed by atoms with van der Waals surface area (Å²) in [5, 5.41) is 7.42. The molecule has 5 nitrogen and oxygen atoms in total. The van der Waals surface area contributed by atoms with Gasteiger partial charge in [-0.05, 0) is 36.8 Å². The van der Waals surface area contributed by atoms with Crippen LogP contribution in [0.4, 0.5) is 10.6 Å². The first kappa shape index (κ1) is 16.9. The van der Waals surface area contributed by atoms with Gasteiger partial charge >= 0.3 is 6.03 Å². The lowest BCUT2D eigenvalue weighted by molar-refractivity contribution is 0.200. The van der Waals surface area contributed by atoms with Crippen molar-refractivity contribution in [3.8, 4) is 0 Å². The van der Waals surface area contributed by atoms with E-state index >= 15 is 0 Å². The fourth-order valence-electron chi connectivity index (χ4n) is 3.03. The summed E-state index contributed by atoms with van der Waals surface area (Å²) in [5.41, 5.74) is 1.16. The summed E-state index contributed by atoms with van der Waals surface area (Å²) in [4.78, 5) is 14.4. The second kappa shape index (κ2) is 7.75. The average molecular weight is 344 g/mol. The summed E-state index contributed by atoms with van der Waals surface area (Å²) in [6.45, 7) is 2.08. The van der Waals surface area contributed by atoms with Crippen LogP contribution in [0.5, 0.6) is 0 Å². The predicted octanol–water partition coefficient (Wildman–Crippen LogP) is 3.85. The molecule has 2 amide bonds. The molecule has 0 saturated carbocycles. The van der Waals surface area contributed by atoms with E-state index in [-0.39, 0.29) is 12.1 Å². The number of nitrogens with zero attached hydrogens (tertiary/aromatic N) is 3. The zero-order valence-corrected chi connectivity index (χ0v) is 15.0. The van der Waals surface area contributed by atoms with E-state index in [1.54, 1.807) is 6.20 Å². The molecule has 1 aromatic heterocycles. The number of carbonyl (C=O) groups is 1. The van der Waals surface area contributed by atoms with Gasteiger partial charge in [-0.25, -0.2) is 9.48 Å². The van der Waals surface area contributed by atoms with E-state index in [0.717, 1.165) is 35.7 Å². The molecule has 0 spiro atoms. The number of anilines is 1. The van der Waals surface area contributed by atoms with Crippen molar-refractivity contribution in [3.63, 3.8) is 0 Å². The van der Waals surface area contributed by atoms with Gasteiger partial charge < -0.3 is 4.90 Å². The van der Waals surface area contributed by atoms with Gasteiger partial charge in [0, 0.05) is 19.2 Å². The second-order valence-electron chi connectivity index (χ2n) is 6.13. The summed E-state index contributed by atoms with van der Waals surface area (Å²) < 4.78 is 1.86. The average Bonchev–Trinajstić information content (AvgIpc) is 3.10. The Kier molecular flexibility index (Phi) is 5.45. The summed E-state index contributed by atoms with van der Waals surface area (Å²) in [5.74, 6) is 2.99. The third kappa shape index (κ3) is 3.75. The number of hydrogen-bond donors (Lipinski definition) is 1. The first-order chi connectivity index (χ1) is 11.7. The minimum absolute atomic E-state index is 0.0612. The topological polar surface area (TPSA) is 50.2 Å². The Balaban J connectivity index is 1.70. The van der Waals surface area contributed by atoms with Gasteiger partial charge in [-0.3, -0.25) is 5.32 Å². The van der Waals surface area contributed by atoms with Gasteiger partial charge in [-0.15, -0.1) is 0 Å². The molecule has 0 bridgehead atoms. The zero-order valence-electron chi connectivity index (χ0n) is 14.2. The number of aromatic nitrogens is 2. The van der Waals surface area contributed by atoms with Gasteiger partial charge in [-0.2, -0.15) is 16.9 Å². The first-order valence-electron chi connectivity index (χ1n) is 8.37. The highest BCUT2D eigenvalue weighted by Crippen LogP contribution is 2.23. The molecular weight excluding hydrogens is 320 g/mol. The van der Waals surface area contributed by atoms with Crippen LogP contribution in [0.2, 0.25) is 0 Å². The first-order valence-corrected chi connectivity index (χ1v) is 9.52. The highest BCUT2D eigenvalue weighted by Gasteiger charge is 2.23. The number of carbonyl (C=O) groups excluding carboxylic acids is 1. The Morgan fingerprint density at radius 3 is 2.71 bits per heavy atom. The van der Waals surface area contributed by atoms with Crippen LogP contribution in [0.3, 0.4) is 0 Å². The van der Waals surface area contributed by atoms with Crippen LogP contribution in [-0.4, -0.2) is 45.3 Å². The minimum atomic E-state index is -0.0612. The Morgan fingerprint density at radius 2 is 2.00 bits per heavy atom. The molecule has 2 heterocycles. The highest BCUT2D eigenvalue weighted by atomic mass is 32.2. The molecule has 1 atom stereocenters. The van der Waals surface area contributed by atoms with E-state index in [0.29, 0.717) is 6.04 Å². The Labute approximate surface area is 147 Å². The van der Waals surface area contributed by atoms with E-state index in [9.17, 15) is 4.79 Å². The summed E-state index contributed by atoms with van der Waals surface area (Å²) >= 11 is 1.96. The minimum Gasteiger partial charge on any atom is -0.325 e. The lowest BCUT2D eigenvalue weighted by atomic mass is 10.1. The van der Waals surface area contributed by atoms with Crippen molar-refractivity contribution in [2.45, 2.75) is 31.8 Å². The molecule has 1 N–H and O–H groups in total. The van der Waals surface area contributed by atoms with E-state index in [1.807, 2.05) is 52.7 Å². The smallest absolute Gasteiger partial charge is 0.322 e. The van der Waals surface area contributed by atoms with Crippen molar-refractivity contribution in [1.29, 1.82) is 0 Å². The van der Waals surface area contributed by atoms with Crippen molar-refractivity contribution in [1.82, 2.24) is 14.7 Å². The number of hydrogen-bond acceptors (Lipinski definition) is 3. The standard InChI is InChI=1S/C18H24N4OS/c1-14(15-6-4-3-5-7-15)22-17(8-11-19-22)20-18(23)21(2)16-9-12-24-13-10-16/h3-8,11,14,16H,9-10,12-13H2,1-2H3,(H,20,23)/t14-/m1/s1. The zero-order chi connectivity index (χ0) is 16.9. The number of rotatable bonds is 4. The maximum atomic E-state index is 12.6. The highest BCUT2D eigenvalue weighted by molar-refractivity contribution is 7.99. The molecule has 0 aliphatic carbocycles. The third-order valence-corrected chi connectivity index (χ3v) is 5.66. The van der Waals surface area contributed by atoms with Crippen LogP contribution in [0, 0.1) is 0 Å². The van der Waals surface area contributed by atoms with Gasteiger partial charge in [0.05, 0.1) is 12.2 Å². The molecule has 1 aliphatic rings. The SMILES string of the molecule is C[C@H](c1ccccc1)n1nccc1NC(=O)N(C)C1CCSCC1. The summed E-state index contributed by atoms with van der Waals surface area (Å²) in [7, 11) is 1.89. The molecule has 2 aromatic rings. The van der Waals surface area contributed by atoms with Gasteiger partial charge in [0.25, 0.3) is 0 Å². The third-order valence-electron chi connectivity index (χ3n) is 4.61. The molecular formula is C18H24N4OS. The molecule has 1 fully saturated rings. The molecule has 1 aliphatic heterocycles. The largest absolute Gasteiger partial charge is 0.325 e. The number of urea groups is 1. The van der Waals surface area contributed by atoms with Crippen LogP contribution in [0.15, 0.2) is 42.6 Å². The molecule has 1 saturated heterocycles. The molecule has 128 valence electrons. The van der Waals surface area contributed by atoms with Crippen LogP contribution in [-0.2, 0) is 0 Å². The van der Waals surface area contributed by atoms with E-state index in [4.69, 9.17) is 0 Å². The van der Waals surface area contributed by atoms with Gasteiger partial charge in [0.2, 0.25) is 0 Å². The molecule has 0 radical (unpaired) electrons.